The van der Waals surface area contributed by atoms with E-state index in [1.807, 2.05) is 0 Å². The van der Waals surface area contributed by atoms with E-state index < -0.39 is 11.6 Å². The minimum Gasteiger partial charge on any atom is -0.467 e. The molecule has 1 atom stereocenters. The number of hydrogen-bond donors (Lipinski definition) is 1. The largest absolute Gasteiger partial charge is 0.467 e. The topological polar surface area (TPSA) is 86.5 Å². The number of benzene rings is 2. The lowest BCUT2D eigenvalue weighted by atomic mass is 9.93. The minimum absolute atomic E-state index is 0.0931. The molecule has 1 N–H and O–H groups in total. The maximum Gasteiger partial charge on any atom is 0.344 e. The van der Waals surface area contributed by atoms with Crippen molar-refractivity contribution in [3.8, 4) is 11.5 Å². The Labute approximate surface area is 175 Å². The summed E-state index contributed by atoms with van der Waals surface area (Å²) >= 11 is 18.3. The summed E-state index contributed by atoms with van der Waals surface area (Å²) in [4.78, 5) is 16.1. The number of hydrogen-bond acceptors (Lipinski definition) is 6. The standard InChI is InChI=1S/C18H14Cl3N3O4/c1-27-17(25)18(26,8-24-10-22-9-23-24)13-4-3-12(7-14(13)20)28-16-5-2-11(19)6-15(16)21/h2-7,9-10,26H,8H2,1H3. The molecular formula is C18H14Cl3N3O4. The van der Waals surface area contributed by atoms with Crippen LogP contribution in [0.15, 0.2) is 49.1 Å². The maximum atomic E-state index is 12.3. The zero-order valence-electron chi connectivity index (χ0n) is 14.5. The summed E-state index contributed by atoms with van der Waals surface area (Å²) in [5, 5.41) is 15.8. The average Bonchev–Trinajstić information content (AvgIpc) is 3.16. The Morgan fingerprint density at radius 1 is 1.18 bits per heavy atom. The molecule has 3 rings (SSSR count). The fourth-order valence-electron chi connectivity index (χ4n) is 2.56. The molecule has 1 aromatic heterocycles. The van der Waals surface area contributed by atoms with Crippen LogP contribution in [-0.4, -0.2) is 33.0 Å². The van der Waals surface area contributed by atoms with Gasteiger partial charge in [-0.3, -0.25) is 0 Å². The predicted molar refractivity (Wildman–Crippen MR) is 104 cm³/mol. The van der Waals surface area contributed by atoms with Crippen molar-refractivity contribution in [2.24, 2.45) is 0 Å². The number of nitrogens with zero attached hydrogens (tertiary/aromatic N) is 3. The summed E-state index contributed by atoms with van der Waals surface area (Å²) < 4.78 is 11.8. The maximum absolute atomic E-state index is 12.3. The van der Waals surface area contributed by atoms with Crippen LogP contribution >= 0.6 is 34.8 Å². The first-order chi connectivity index (χ1) is 13.3. The van der Waals surface area contributed by atoms with Crippen molar-refractivity contribution >= 4 is 40.8 Å². The van der Waals surface area contributed by atoms with E-state index in [9.17, 15) is 9.90 Å². The third-order valence-electron chi connectivity index (χ3n) is 3.89. The molecular weight excluding hydrogens is 429 g/mol. The van der Waals surface area contributed by atoms with Gasteiger partial charge in [0.25, 0.3) is 0 Å². The van der Waals surface area contributed by atoms with Crippen molar-refractivity contribution in [2.45, 2.75) is 12.1 Å². The summed E-state index contributed by atoms with van der Waals surface area (Å²) in [7, 11) is 1.17. The summed E-state index contributed by atoms with van der Waals surface area (Å²) in [5.74, 6) is -0.161. The molecule has 2 aromatic carbocycles. The molecule has 146 valence electrons. The molecule has 0 saturated heterocycles. The van der Waals surface area contributed by atoms with Crippen molar-refractivity contribution in [2.75, 3.05) is 7.11 Å². The van der Waals surface area contributed by atoms with E-state index in [-0.39, 0.29) is 17.1 Å². The quantitative estimate of drug-likeness (QED) is 0.579. The molecule has 0 amide bonds. The molecule has 0 aliphatic rings. The van der Waals surface area contributed by atoms with Gasteiger partial charge in [-0.1, -0.05) is 40.9 Å². The number of carbonyl (C=O) groups is 1. The summed E-state index contributed by atoms with van der Waals surface area (Å²) in [6.45, 7) is -0.234. The zero-order chi connectivity index (χ0) is 20.3. The van der Waals surface area contributed by atoms with Crippen molar-refractivity contribution < 1.29 is 19.4 Å². The molecule has 28 heavy (non-hydrogen) atoms. The van der Waals surface area contributed by atoms with Gasteiger partial charge in [0.15, 0.2) is 0 Å². The van der Waals surface area contributed by atoms with Gasteiger partial charge < -0.3 is 14.6 Å². The van der Waals surface area contributed by atoms with Crippen LogP contribution < -0.4 is 4.74 Å². The van der Waals surface area contributed by atoms with Gasteiger partial charge >= 0.3 is 5.97 Å². The van der Waals surface area contributed by atoms with Crippen molar-refractivity contribution in [3.05, 3.63) is 69.7 Å². The fraction of sp³-hybridized carbons (Fsp3) is 0.167. The first-order valence-corrected chi connectivity index (χ1v) is 9.03. The van der Waals surface area contributed by atoms with E-state index in [1.54, 1.807) is 24.3 Å². The van der Waals surface area contributed by atoms with E-state index in [4.69, 9.17) is 44.3 Å². The number of halogens is 3. The highest BCUT2D eigenvalue weighted by molar-refractivity contribution is 6.35. The van der Waals surface area contributed by atoms with E-state index in [2.05, 4.69) is 10.1 Å². The van der Waals surface area contributed by atoms with E-state index in [0.717, 1.165) is 0 Å². The Kier molecular flexibility index (Phi) is 6.10. The third kappa shape index (κ3) is 4.23. The molecule has 0 fully saturated rings. The first kappa shape index (κ1) is 20.4. The molecule has 0 radical (unpaired) electrons. The monoisotopic (exact) mass is 441 g/mol. The van der Waals surface area contributed by atoms with Crippen molar-refractivity contribution in [3.63, 3.8) is 0 Å². The first-order valence-electron chi connectivity index (χ1n) is 7.89. The van der Waals surface area contributed by atoms with E-state index in [0.29, 0.717) is 21.5 Å². The average molecular weight is 443 g/mol. The van der Waals surface area contributed by atoms with Crippen LogP contribution in [-0.2, 0) is 21.7 Å². The van der Waals surface area contributed by atoms with Gasteiger partial charge in [-0.05, 0) is 30.3 Å². The number of rotatable bonds is 6. The van der Waals surface area contributed by atoms with E-state index in [1.165, 1.54) is 36.6 Å². The van der Waals surface area contributed by atoms with Crippen LogP contribution in [0.5, 0.6) is 11.5 Å². The predicted octanol–water partition coefficient (Wildman–Crippen LogP) is 4.09. The minimum atomic E-state index is -2.07. The second-order valence-corrected chi connectivity index (χ2v) is 7.01. The lowest BCUT2D eigenvalue weighted by Gasteiger charge is -2.26. The van der Waals surface area contributed by atoms with Gasteiger partial charge in [-0.25, -0.2) is 14.5 Å². The van der Waals surface area contributed by atoms with Crippen molar-refractivity contribution in [1.29, 1.82) is 0 Å². The smallest absolute Gasteiger partial charge is 0.344 e. The molecule has 0 aliphatic heterocycles. The Morgan fingerprint density at radius 3 is 2.57 bits per heavy atom. The molecule has 0 saturated carbocycles. The highest BCUT2D eigenvalue weighted by Crippen LogP contribution is 2.36. The lowest BCUT2D eigenvalue weighted by Crippen LogP contribution is -2.41. The molecule has 7 nitrogen and oxygen atoms in total. The lowest BCUT2D eigenvalue weighted by molar-refractivity contribution is -0.165. The number of aliphatic hydroxyl groups is 1. The van der Waals surface area contributed by atoms with Gasteiger partial charge in [0.1, 0.15) is 24.2 Å². The highest BCUT2D eigenvalue weighted by Gasteiger charge is 2.42. The second kappa shape index (κ2) is 8.36. The van der Waals surface area contributed by atoms with Gasteiger partial charge in [0.2, 0.25) is 5.60 Å². The third-order valence-corrected chi connectivity index (χ3v) is 4.73. The van der Waals surface area contributed by atoms with Crippen LogP contribution in [0.4, 0.5) is 0 Å². The van der Waals surface area contributed by atoms with Gasteiger partial charge in [0, 0.05) is 10.6 Å². The van der Waals surface area contributed by atoms with Crippen LogP contribution in [0, 0.1) is 0 Å². The van der Waals surface area contributed by atoms with Crippen LogP contribution in [0.3, 0.4) is 0 Å². The zero-order valence-corrected chi connectivity index (χ0v) is 16.7. The number of esters is 1. The summed E-state index contributed by atoms with van der Waals surface area (Å²) in [5.41, 5.74) is -1.94. The molecule has 10 heteroatoms. The highest BCUT2D eigenvalue weighted by atomic mass is 35.5. The number of carbonyl (C=O) groups excluding carboxylic acids is 1. The number of methoxy groups -OCH3 is 1. The molecule has 1 unspecified atom stereocenters. The second-order valence-electron chi connectivity index (χ2n) is 5.76. The molecule has 0 bridgehead atoms. The summed E-state index contributed by atoms with van der Waals surface area (Å²) in [6, 6.07) is 9.26. The Hall–Kier alpha value is -2.32. The Morgan fingerprint density at radius 2 is 1.96 bits per heavy atom. The summed E-state index contributed by atoms with van der Waals surface area (Å²) in [6.07, 6.45) is 2.65. The number of ether oxygens (including phenoxy) is 2. The Bertz CT molecular complexity index is 998. The van der Waals surface area contributed by atoms with E-state index >= 15 is 0 Å². The number of aromatic nitrogens is 3. The van der Waals surface area contributed by atoms with Gasteiger partial charge in [-0.2, -0.15) is 5.10 Å². The molecule has 0 aliphatic carbocycles. The normalized spacial score (nSPS) is 13.0. The van der Waals surface area contributed by atoms with Gasteiger partial charge in [-0.15, -0.1) is 0 Å². The van der Waals surface area contributed by atoms with Crippen molar-refractivity contribution in [1.82, 2.24) is 14.8 Å². The Balaban J connectivity index is 1.93. The van der Waals surface area contributed by atoms with Crippen LogP contribution in [0.25, 0.3) is 0 Å². The fourth-order valence-corrected chi connectivity index (χ4v) is 3.33. The SMILES string of the molecule is COC(=O)C(O)(Cn1cncn1)c1ccc(Oc2ccc(Cl)cc2Cl)cc1Cl. The molecule has 3 aromatic rings. The molecule has 1 heterocycles. The van der Waals surface area contributed by atoms with Crippen LogP contribution in [0.1, 0.15) is 5.56 Å². The van der Waals surface area contributed by atoms with Gasteiger partial charge in [0.05, 0.1) is 23.7 Å². The molecule has 0 spiro atoms. The van der Waals surface area contributed by atoms with Crippen LogP contribution in [0.2, 0.25) is 15.1 Å².